The number of unbranched alkanes of at least 4 members (excludes halogenated alkanes) is 2. The molecule has 5 heteroatoms. The van der Waals surface area contributed by atoms with Crippen LogP contribution in [0.2, 0.25) is 0 Å². The van der Waals surface area contributed by atoms with Gasteiger partial charge in [-0.2, -0.15) is 0 Å². The number of hydrogen-bond acceptors (Lipinski definition) is 5. The van der Waals surface area contributed by atoms with Crippen LogP contribution in [0, 0.1) is 17.8 Å². The van der Waals surface area contributed by atoms with Crippen LogP contribution in [0.5, 0.6) is 0 Å². The maximum atomic E-state index is 12.7. The van der Waals surface area contributed by atoms with Crippen molar-refractivity contribution in [1.29, 1.82) is 0 Å². The zero-order valence-corrected chi connectivity index (χ0v) is 21.6. The molecule has 2 fully saturated rings. The van der Waals surface area contributed by atoms with Gasteiger partial charge in [0.25, 0.3) is 0 Å². The van der Waals surface area contributed by atoms with Gasteiger partial charge in [-0.1, -0.05) is 37.3 Å². The summed E-state index contributed by atoms with van der Waals surface area (Å²) in [6.45, 7) is 14.2. The molecule has 1 saturated carbocycles. The molecule has 1 heterocycles. The van der Waals surface area contributed by atoms with E-state index in [1.807, 2.05) is 6.92 Å². The van der Waals surface area contributed by atoms with Crippen molar-refractivity contribution in [2.75, 3.05) is 44.2 Å². The molecule has 0 bridgehead atoms. The number of ketones is 1. The molecule has 0 radical (unpaired) electrons. The fourth-order valence-corrected chi connectivity index (χ4v) is 6.02. The SMILES string of the molecule is C=C(C(=O)OCCCCCN1CCN(c2ccccc2)CC1)C1CC[C@@H](C)[C@H]2CC(=O)C(C)=C2C1. The van der Waals surface area contributed by atoms with E-state index in [9.17, 15) is 9.59 Å². The molecule has 1 aliphatic heterocycles. The number of allylic oxidation sites excluding steroid dienone is 2. The number of benzene rings is 1. The van der Waals surface area contributed by atoms with Crippen molar-refractivity contribution in [3.8, 4) is 0 Å². The van der Waals surface area contributed by atoms with Gasteiger partial charge >= 0.3 is 5.97 Å². The van der Waals surface area contributed by atoms with E-state index in [1.165, 1.54) is 11.3 Å². The Bertz CT molecular complexity index is 930. The van der Waals surface area contributed by atoms with Gasteiger partial charge in [0.15, 0.2) is 5.78 Å². The van der Waals surface area contributed by atoms with Gasteiger partial charge < -0.3 is 9.64 Å². The second kappa shape index (κ2) is 12.0. The van der Waals surface area contributed by atoms with Crippen molar-refractivity contribution in [3.05, 3.63) is 53.6 Å². The number of rotatable bonds is 9. The zero-order valence-electron chi connectivity index (χ0n) is 21.6. The summed E-state index contributed by atoms with van der Waals surface area (Å²) in [6, 6.07) is 10.6. The lowest BCUT2D eigenvalue weighted by molar-refractivity contribution is -0.139. The first-order valence-electron chi connectivity index (χ1n) is 13.5. The predicted molar refractivity (Wildman–Crippen MR) is 141 cm³/mol. The summed E-state index contributed by atoms with van der Waals surface area (Å²) < 4.78 is 5.60. The first-order valence-corrected chi connectivity index (χ1v) is 13.5. The highest BCUT2D eigenvalue weighted by atomic mass is 16.5. The second-order valence-corrected chi connectivity index (χ2v) is 10.7. The Labute approximate surface area is 211 Å². The van der Waals surface area contributed by atoms with Gasteiger partial charge in [-0.15, -0.1) is 0 Å². The van der Waals surface area contributed by atoms with Crippen LogP contribution in [0.4, 0.5) is 5.69 Å². The molecule has 0 amide bonds. The highest BCUT2D eigenvalue weighted by Gasteiger charge is 2.38. The Morgan fingerprint density at radius 2 is 1.77 bits per heavy atom. The molecular weight excluding hydrogens is 436 g/mol. The summed E-state index contributed by atoms with van der Waals surface area (Å²) in [7, 11) is 0. The second-order valence-electron chi connectivity index (χ2n) is 10.7. The van der Waals surface area contributed by atoms with Gasteiger partial charge in [0, 0.05) is 43.9 Å². The summed E-state index contributed by atoms with van der Waals surface area (Å²) >= 11 is 0. The van der Waals surface area contributed by atoms with Crippen LogP contribution >= 0.6 is 0 Å². The molecule has 0 N–H and O–H groups in total. The Hall–Kier alpha value is -2.40. The molecule has 35 heavy (non-hydrogen) atoms. The fraction of sp³-hybridized carbons (Fsp3) is 0.600. The lowest BCUT2D eigenvalue weighted by Gasteiger charge is -2.36. The van der Waals surface area contributed by atoms with E-state index < -0.39 is 0 Å². The number of nitrogens with zero attached hydrogens (tertiary/aromatic N) is 2. The van der Waals surface area contributed by atoms with E-state index in [1.54, 1.807) is 0 Å². The minimum absolute atomic E-state index is 0.0975. The fourth-order valence-electron chi connectivity index (χ4n) is 6.02. The highest BCUT2D eigenvalue weighted by Crippen LogP contribution is 2.45. The van der Waals surface area contributed by atoms with Crippen molar-refractivity contribution < 1.29 is 14.3 Å². The number of fused-ring (bicyclic) bond motifs is 1. The number of para-hydroxylation sites is 1. The Kier molecular flexibility index (Phi) is 8.83. The van der Waals surface area contributed by atoms with Gasteiger partial charge in [-0.25, -0.2) is 4.79 Å². The Morgan fingerprint density at radius 3 is 2.51 bits per heavy atom. The van der Waals surface area contributed by atoms with E-state index >= 15 is 0 Å². The van der Waals surface area contributed by atoms with Crippen LogP contribution in [0.1, 0.15) is 58.8 Å². The molecule has 1 aromatic rings. The van der Waals surface area contributed by atoms with Crippen LogP contribution in [0.25, 0.3) is 0 Å². The predicted octanol–water partition coefficient (Wildman–Crippen LogP) is 5.42. The third kappa shape index (κ3) is 6.43. The Morgan fingerprint density at radius 1 is 1.03 bits per heavy atom. The van der Waals surface area contributed by atoms with E-state index in [2.05, 4.69) is 53.6 Å². The molecule has 3 aliphatic rings. The quantitative estimate of drug-likeness (QED) is 0.269. The molecule has 0 aromatic heterocycles. The maximum absolute atomic E-state index is 12.7. The van der Waals surface area contributed by atoms with E-state index in [4.69, 9.17) is 4.74 Å². The van der Waals surface area contributed by atoms with Crippen LogP contribution in [-0.4, -0.2) is 56.0 Å². The average molecular weight is 479 g/mol. The standard InChI is InChI=1S/C30H42N2O3/c1-22-12-13-25(20-28-24(3)29(33)21-27(22)28)23(2)30(34)35-19-9-5-8-14-31-15-17-32(18-16-31)26-10-6-4-7-11-26/h4,6-7,10-11,22,25,27H,2,5,8-9,12-21H2,1,3H3/t22-,25?,27-/m1/s1. The molecule has 5 nitrogen and oxygen atoms in total. The number of hydrogen-bond donors (Lipinski definition) is 0. The van der Waals surface area contributed by atoms with Crippen molar-refractivity contribution in [2.24, 2.45) is 17.8 Å². The number of esters is 1. The number of Topliss-reactive ketones (excluding diaryl/α,β-unsaturated/α-hetero) is 1. The summed E-state index contributed by atoms with van der Waals surface area (Å²) in [4.78, 5) is 29.9. The van der Waals surface area contributed by atoms with Gasteiger partial charge in [0.2, 0.25) is 0 Å². The Balaban J connectivity index is 1.11. The van der Waals surface area contributed by atoms with Crippen molar-refractivity contribution in [2.45, 2.75) is 58.8 Å². The van der Waals surface area contributed by atoms with Crippen LogP contribution in [0.15, 0.2) is 53.6 Å². The molecular formula is C30H42N2O3. The molecule has 1 saturated heterocycles. The van der Waals surface area contributed by atoms with Gasteiger partial charge in [0.05, 0.1) is 6.61 Å². The lowest BCUT2D eigenvalue weighted by atomic mass is 9.86. The number of carbonyl (C=O) groups is 2. The molecule has 2 aliphatic carbocycles. The minimum Gasteiger partial charge on any atom is -0.462 e. The van der Waals surface area contributed by atoms with Gasteiger partial charge in [-0.05, 0) is 87.5 Å². The average Bonchev–Trinajstić information content (AvgIpc) is 3.06. The van der Waals surface area contributed by atoms with Crippen molar-refractivity contribution in [1.82, 2.24) is 4.90 Å². The molecule has 1 unspecified atom stereocenters. The number of carbonyl (C=O) groups excluding carboxylic acids is 2. The lowest BCUT2D eigenvalue weighted by Crippen LogP contribution is -2.46. The molecule has 0 spiro atoms. The summed E-state index contributed by atoms with van der Waals surface area (Å²) in [5.74, 6) is 0.976. The highest BCUT2D eigenvalue weighted by molar-refractivity contribution is 5.98. The first kappa shape index (κ1) is 25.7. The monoisotopic (exact) mass is 478 g/mol. The van der Waals surface area contributed by atoms with Crippen molar-refractivity contribution >= 4 is 17.4 Å². The molecule has 1 aromatic carbocycles. The van der Waals surface area contributed by atoms with Gasteiger partial charge in [-0.3, -0.25) is 9.69 Å². The van der Waals surface area contributed by atoms with Crippen LogP contribution in [0.3, 0.4) is 0 Å². The van der Waals surface area contributed by atoms with E-state index in [0.717, 1.165) is 76.8 Å². The zero-order chi connectivity index (χ0) is 24.8. The van der Waals surface area contributed by atoms with Crippen molar-refractivity contribution in [3.63, 3.8) is 0 Å². The third-order valence-electron chi connectivity index (χ3n) is 8.48. The number of piperazine rings is 1. The smallest absolute Gasteiger partial charge is 0.333 e. The van der Waals surface area contributed by atoms with E-state index in [0.29, 0.717) is 30.4 Å². The normalized spacial score (nSPS) is 25.4. The minimum atomic E-state index is -0.249. The van der Waals surface area contributed by atoms with Gasteiger partial charge in [0.1, 0.15) is 0 Å². The topological polar surface area (TPSA) is 49.9 Å². The molecule has 190 valence electrons. The third-order valence-corrected chi connectivity index (χ3v) is 8.48. The maximum Gasteiger partial charge on any atom is 0.333 e. The summed E-state index contributed by atoms with van der Waals surface area (Å²) in [5.41, 5.74) is 4.10. The van der Waals surface area contributed by atoms with Crippen LogP contribution < -0.4 is 4.90 Å². The molecule has 3 atom stereocenters. The summed E-state index contributed by atoms with van der Waals surface area (Å²) in [5, 5.41) is 0. The molecule has 4 rings (SSSR count). The first-order chi connectivity index (χ1) is 16.9. The number of anilines is 1. The largest absolute Gasteiger partial charge is 0.462 e. The number of ether oxygens (including phenoxy) is 1. The summed E-state index contributed by atoms with van der Waals surface area (Å²) in [6.07, 6.45) is 6.51. The van der Waals surface area contributed by atoms with Crippen LogP contribution in [-0.2, 0) is 14.3 Å². The van der Waals surface area contributed by atoms with E-state index in [-0.39, 0.29) is 17.7 Å².